The van der Waals surface area contributed by atoms with Gasteiger partial charge in [0.2, 0.25) is 5.91 Å². The number of ether oxygens (including phenoxy) is 2. The number of carbonyl (C=O) groups is 1. The lowest BCUT2D eigenvalue weighted by Crippen LogP contribution is -2.54. The highest BCUT2D eigenvalue weighted by molar-refractivity contribution is 5.79. The van der Waals surface area contributed by atoms with Crippen molar-refractivity contribution in [1.29, 1.82) is 0 Å². The second kappa shape index (κ2) is 11.8. The van der Waals surface area contributed by atoms with E-state index in [0.29, 0.717) is 44.9 Å². The zero-order chi connectivity index (χ0) is 17.1. The number of amides is 1. The van der Waals surface area contributed by atoms with Crippen LogP contribution in [0, 0.1) is 11.8 Å². The fourth-order valence-corrected chi connectivity index (χ4v) is 2.53. The summed E-state index contributed by atoms with van der Waals surface area (Å²) >= 11 is 0. The van der Waals surface area contributed by atoms with E-state index >= 15 is 0 Å². The molecule has 136 valence electrons. The summed E-state index contributed by atoms with van der Waals surface area (Å²) in [4.78, 5) is 14.2. The fourth-order valence-electron chi connectivity index (χ4n) is 2.53. The van der Waals surface area contributed by atoms with Crippen LogP contribution in [0.1, 0.15) is 27.7 Å². The Morgan fingerprint density at radius 3 is 2.22 bits per heavy atom. The van der Waals surface area contributed by atoms with Crippen LogP contribution in [0.3, 0.4) is 0 Å². The molecule has 1 heterocycles. The topological polar surface area (TPSA) is 62.8 Å². The first-order valence-electron chi connectivity index (χ1n) is 8.88. The Balaban J connectivity index is 1.84. The number of nitrogens with one attached hydrogen (secondary N) is 2. The predicted octanol–water partition coefficient (Wildman–Crippen LogP) is 0.722. The SMILES string of the molecule is CC(C)CN1CC(C(=O)NCCOCCOCCNC(C)C)C1. The second-order valence-corrected chi connectivity index (χ2v) is 6.93. The molecule has 0 unspecified atom stereocenters. The molecule has 0 aromatic heterocycles. The number of rotatable bonds is 13. The minimum Gasteiger partial charge on any atom is -0.378 e. The summed E-state index contributed by atoms with van der Waals surface area (Å²) in [5.41, 5.74) is 0. The summed E-state index contributed by atoms with van der Waals surface area (Å²) in [6.45, 7) is 15.4. The normalized spacial score (nSPS) is 16.1. The van der Waals surface area contributed by atoms with Gasteiger partial charge < -0.3 is 25.0 Å². The maximum absolute atomic E-state index is 11.9. The van der Waals surface area contributed by atoms with Gasteiger partial charge in [-0.15, -0.1) is 0 Å². The average Bonchev–Trinajstić information content (AvgIpc) is 2.43. The van der Waals surface area contributed by atoms with Crippen LogP contribution >= 0.6 is 0 Å². The molecule has 1 rings (SSSR count). The van der Waals surface area contributed by atoms with Gasteiger partial charge in [-0.05, 0) is 5.92 Å². The van der Waals surface area contributed by atoms with Crippen molar-refractivity contribution in [3.05, 3.63) is 0 Å². The van der Waals surface area contributed by atoms with E-state index in [9.17, 15) is 4.79 Å². The van der Waals surface area contributed by atoms with Crippen LogP contribution in [0.5, 0.6) is 0 Å². The van der Waals surface area contributed by atoms with Gasteiger partial charge in [0.05, 0.1) is 32.3 Å². The average molecular weight is 329 g/mol. The van der Waals surface area contributed by atoms with Crippen LogP contribution in [0.4, 0.5) is 0 Å². The van der Waals surface area contributed by atoms with Crippen molar-refractivity contribution in [2.45, 2.75) is 33.7 Å². The molecule has 1 aliphatic rings. The number of nitrogens with zero attached hydrogens (tertiary/aromatic N) is 1. The molecular weight excluding hydrogens is 294 g/mol. The van der Waals surface area contributed by atoms with E-state index in [0.717, 1.165) is 26.2 Å². The Morgan fingerprint density at radius 2 is 1.65 bits per heavy atom. The summed E-state index contributed by atoms with van der Waals surface area (Å²) in [6, 6.07) is 0.492. The zero-order valence-electron chi connectivity index (χ0n) is 15.3. The third kappa shape index (κ3) is 9.91. The molecule has 0 bridgehead atoms. The number of likely N-dealkylation sites (tertiary alicyclic amines) is 1. The van der Waals surface area contributed by atoms with Crippen LogP contribution in [0.25, 0.3) is 0 Å². The molecule has 0 atom stereocenters. The molecule has 1 saturated heterocycles. The highest BCUT2D eigenvalue weighted by Gasteiger charge is 2.32. The molecular formula is C17H35N3O3. The quantitative estimate of drug-likeness (QED) is 0.488. The Bertz CT molecular complexity index is 318. The first-order chi connectivity index (χ1) is 11.0. The first kappa shape index (κ1) is 20.4. The molecule has 1 aliphatic heterocycles. The highest BCUT2D eigenvalue weighted by Crippen LogP contribution is 2.16. The van der Waals surface area contributed by atoms with Crippen molar-refractivity contribution in [2.24, 2.45) is 11.8 Å². The molecule has 0 aromatic rings. The Hall–Kier alpha value is -0.690. The molecule has 0 aromatic carbocycles. The van der Waals surface area contributed by atoms with Gasteiger partial charge in [-0.3, -0.25) is 4.79 Å². The van der Waals surface area contributed by atoms with Crippen molar-refractivity contribution < 1.29 is 14.3 Å². The lowest BCUT2D eigenvalue weighted by Gasteiger charge is -2.39. The second-order valence-electron chi connectivity index (χ2n) is 6.93. The van der Waals surface area contributed by atoms with Gasteiger partial charge in [-0.25, -0.2) is 0 Å². The van der Waals surface area contributed by atoms with Crippen molar-refractivity contribution in [2.75, 3.05) is 59.2 Å². The smallest absolute Gasteiger partial charge is 0.225 e. The maximum atomic E-state index is 11.9. The van der Waals surface area contributed by atoms with Crippen molar-refractivity contribution in [3.8, 4) is 0 Å². The van der Waals surface area contributed by atoms with Crippen LogP contribution in [0.15, 0.2) is 0 Å². The molecule has 0 radical (unpaired) electrons. The van der Waals surface area contributed by atoms with E-state index in [-0.39, 0.29) is 11.8 Å². The molecule has 1 fully saturated rings. The number of hydrogen-bond donors (Lipinski definition) is 2. The lowest BCUT2D eigenvalue weighted by molar-refractivity contribution is -0.130. The Labute approximate surface area is 141 Å². The van der Waals surface area contributed by atoms with Gasteiger partial charge in [0.15, 0.2) is 0 Å². The summed E-state index contributed by atoms with van der Waals surface area (Å²) < 4.78 is 10.9. The van der Waals surface area contributed by atoms with E-state index in [1.165, 1.54) is 0 Å². The summed E-state index contributed by atoms with van der Waals surface area (Å²) in [5, 5.41) is 6.23. The van der Waals surface area contributed by atoms with E-state index < -0.39 is 0 Å². The summed E-state index contributed by atoms with van der Waals surface area (Å²) in [5.74, 6) is 0.978. The van der Waals surface area contributed by atoms with E-state index in [1.54, 1.807) is 0 Å². The summed E-state index contributed by atoms with van der Waals surface area (Å²) in [7, 11) is 0. The van der Waals surface area contributed by atoms with Gasteiger partial charge in [0.1, 0.15) is 0 Å². The van der Waals surface area contributed by atoms with Gasteiger partial charge in [0, 0.05) is 38.8 Å². The third-order valence-electron chi connectivity index (χ3n) is 3.67. The molecule has 6 nitrogen and oxygen atoms in total. The number of carbonyl (C=O) groups excluding carboxylic acids is 1. The molecule has 0 saturated carbocycles. The van der Waals surface area contributed by atoms with Crippen LogP contribution in [0.2, 0.25) is 0 Å². The maximum Gasteiger partial charge on any atom is 0.225 e. The molecule has 2 N–H and O–H groups in total. The lowest BCUT2D eigenvalue weighted by atomic mass is 9.98. The zero-order valence-corrected chi connectivity index (χ0v) is 15.3. The molecule has 0 aliphatic carbocycles. The molecule has 23 heavy (non-hydrogen) atoms. The van der Waals surface area contributed by atoms with E-state index in [4.69, 9.17) is 9.47 Å². The van der Waals surface area contributed by atoms with Crippen molar-refractivity contribution in [1.82, 2.24) is 15.5 Å². The first-order valence-corrected chi connectivity index (χ1v) is 8.88. The van der Waals surface area contributed by atoms with Crippen molar-refractivity contribution >= 4 is 5.91 Å². The molecule has 1 amide bonds. The Morgan fingerprint density at radius 1 is 1.04 bits per heavy atom. The highest BCUT2D eigenvalue weighted by atomic mass is 16.5. The Kier molecular flexibility index (Phi) is 10.4. The largest absolute Gasteiger partial charge is 0.378 e. The van der Waals surface area contributed by atoms with Gasteiger partial charge in [-0.1, -0.05) is 27.7 Å². The third-order valence-corrected chi connectivity index (χ3v) is 3.67. The monoisotopic (exact) mass is 329 g/mol. The van der Waals surface area contributed by atoms with E-state index in [2.05, 4.69) is 43.2 Å². The summed E-state index contributed by atoms with van der Waals surface area (Å²) in [6.07, 6.45) is 0. The molecule has 6 heteroatoms. The van der Waals surface area contributed by atoms with E-state index in [1.807, 2.05) is 0 Å². The minimum atomic E-state index is 0.157. The fraction of sp³-hybridized carbons (Fsp3) is 0.941. The van der Waals surface area contributed by atoms with Gasteiger partial charge >= 0.3 is 0 Å². The minimum absolute atomic E-state index is 0.157. The van der Waals surface area contributed by atoms with Gasteiger partial charge in [0.25, 0.3) is 0 Å². The molecule has 0 spiro atoms. The van der Waals surface area contributed by atoms with Crippen LogP contribution in [-0.2, 0) is 14.3 Å². The van der Waals surface area contributed by atoms with Crippen molar-refractivity contribution in [3.63, 3.8) is 0 Å². The van der Waals surface area contributed by atoms with Crippen LogP contribution < -0.4 is 10.6 Å². The van der Waals surface area contributed by atoms with Crippen LogP contribution in [-0.4, -0.2) is 76.0 Å². The predicted molar refractivity (Wildman–Crippen MR) is 92.6 cm³/mol. The standard InChI is InChI=1S/C17H35N3O3/c1-14(2)11-20-12-16(13-20)17(21)19-6-8-23-10-9-22-7-5-18-15(3)4/h14-16,18H,5-13H2,1-4H3,(H,19,21). The number of hydrogen-bond acceptors (Lipinski definition) is 5. The van der Waals surface area contributed by atoms with Gasteiger partial charge in [-0.2, -0.15) is 0 Å².